The van der Waals surface area contributed by atoms with Crippen LogP contribution in [0.4, 0.5) is 22.7 Å². The first-order valence-corrected chi connectivity index (χ1v) is 13.5. The predicted molar refractivity (Wildman–Crippen MR) is 158 cm³/mol. The van der Waals surface area contributed by atoms with Gasteiger partial charge in [-0.15, -0.1) is 0 Å². The van der Waals surface area contributed by atoms with Crippen molar-refractivity contribution in [2.45, 2.75) is 63.1 Å². The van der Waals surface area contributed by atoms with Gasteiger partial charge in [-0.25, -0.2) is 0 Å². The number of benzene rings is 4. The van der Waals surface area contributed by atoms with Gasteiger partial charge in [0.2, 0.25) is 0 Å². The van der Waals surface area contributed by atoms with E-state index in [2.05, 4.69) is 110 Å². The Hall–Kier alpha value is -3.48. The molecule has 0 spiro atoms. The second-order valence-corrected chi connectivity index (χ2v) is 12.1. The van der Waals surface area contributed by atoms with Crippen molar-refractivity contribution in [1.29, 1.82) is 0 Å². The van der Waals surface area contributed by atoms with Crippen molar-refractivity contribution in [2.24, 2.45) is 0 Å². The molecule has 4 N–H and O–H groups in total. The van der Waals surface area contributed by atoms with Crippen molar-refractivity contribution in [3.63, 3.8) is 0 Å². The lowest BCUT2D eigenvalue weighted by molar-refractivity contribution is -0.114. The van der Waals surface area contributed by atoms with Crippen molar-refractivity contribution in [3.05, 3.63) is 71.8 Å². The fourth-order valence-corrected chi connectivity index (χ4v) is 7.24. The Labute approximate surface area is 224 Å². The Bertz CT molecular complexity index is 1440. The minimum atomic E-state index is -0.206. The second kappa shape index (κ2) is 8.01. The van der Waals surface area contributed by atoms with Crippen LogP contribution in [0.25, 0.3) is 21.5 Å². The van der Waals surface area contributed by atoms with Gasteiger partial charge in [0.25, 0.3) is 0 Å². The fraction of sp³-hybridized carbons (Fsp3) is 0.375. The van der Waals surface area contributed by atoms with E-state index in [1.54, 1.807) is 0 Å². The van der Waals surface area contributed by atoms with Gasteiger partial charge in [-0.2, -0.15) is 0 Å². The molecule has 196 valence electrons. The van der Waals surface area contributed by atoms with Crippen LogP contribution in [0, 0.1) is 0 Å². The molecule has 7 rings (SSSR count). The van der Waals surface area contributed by atoms with Gasteiger partial charge in [0.15, 0.2) is 0 Å². The van der Waals surface area contributed by atoms with Gasteiger partial charge >= 0.3 is 0 Å². The standard InChI is InChI=1S/C32H36N4O2/c1-31(2)33-21-11-7-9-17-19(13-15-23(35-31)25(17)21)27-29(37-5)28(30(27)38-6)20-14-16-24-26-18(20)10-8-12-22(26)34-32(3,4)36-24/h7-16,27-30,33-36H,1-6H3. The van der Waals surface area contributed by atoms with Crippen molar-refractivity contribution in [2.75, 3.05) is 35.5 Å². The lowest BCUT2D eigenvalue weighted by Gasteiger charge is -2.51. The number of rotatable bonds is 4. The van der Waals surface area contributed by atoms with Crippen LogP contribution >= 0.6 is 0 Å². The van der Waals surface area contributed by atoms with Crippen molar-refractivity contribution in [3.8, 4) is 0 Å². The van der Waals surface area contributed by atoms with Crippen LogP contribution in [0.1, 0.15) is 50.7 Å². The molecule has 0 aromatic heterocycles. The summed E-state index contributed by atoms with van der Waals surface area (Å²) in [4.78, 5) is 0. The van der Waals surface area contributed by atoms with E-state index >= 15 is 0 Å². The highest BCUT2D eigenvalue weighted by Crippen LogP contribution is 2.55. The highest BCUT2D eigenvalue weighted by atomic mass is 16.5. The van der Waals surface area contributed by atoms with Gasteiger partial charge in [-0.1, -0.05) is 36.4 Å². The van der Waals surface area contributed by atoms with E-state index in [-0.39, 0.29) is 35.4 Å². The average molecular weight is 509 g/mol. The van der Waals surface area contributed by atoms with E-state index in [0.29, 0.717) is 0 Å². The van der Waals surface area contributed by atoms with Crippen molar-refractivity contribution >= 4 is 44.3 Å². The molecule has 4 aromatic carbocycles. The minimum absolute atomic E-state index is 0.00374. The molecule has 2 aliphatic heterocycles. The lowest BCUT2D eigenvalue weighted by Crippen LogP contribution is -2.53. The van der Waals surface area contributed by atoms with Crippen LogP contribution in [0.5, 0.6) is 0 Å². The summed E-state index contributed by atoms with van der Waals surface area (Å²) in [6, 6.07) is 22.1. The first-order valence-electron chi connectivity index (χ1n) is 13.5. The summed E-state index contributed by atoms with van der Waals surface area (Å²) in [6.45, 7) is 8.64. The Morgan fingerprint density at radius 2 is 0.895 bits per heavy atom. The van der Waals surface area contributed by atoms with E-state index in [1.807, 2.05) is 14.2 Å². The molecule has 1 fully saturated rings. The van der Waals surface area contributed by atoms with E-state index in [9.17, 15) is 0 Å². The lowest BCUT2D eigenvalue weighted by atomic mass is 9.61. The van der Waals surface area contributed by atoms with Crippen LogP contribution in [-0.4, -0.2) is 37.8 Å². The molecule has 0 bridgehead atoms. The maximum Gasteiger partial charge on any atom is 0.102 e. The zero-order valence-electron chi connectivity index (χ0n) is 22.9. The highest BCUT2D eigenvalue weighted by molar-refractivity contribution is 6.08. The summed E-state index contributed by atoms with van der Waals surface area (Å²) in [7, 11) is 3.67. The Morgan fingerprint density at radius 1 is 0.526 bits per heavy atom. The number of methoxy groups -OCH3 is 2. The molecule has 0 saturated heterocycles. The van der Waals surface area contributed by atoms with E-state index in [0.717, 1.165) is 22.7 Å². The number of hydrogen-bond acceptors (Lipinski definition) is 6. The van der Waals surface area contributed by atoms with Crippen LogP contribution in [0.2, 0.25) is 0 Å². The molecule has 1 saturated carbocycles. The molecule has 6 heteroatoms. The number of ether oxygens (including phenoxy) is 2. The van der Waals surface area contributed by atoms with Gasteiger partial charge in [-0.3, -0.25) is 0 Å². The van der Waals surface area contributed by atoms with E-state index in [4.69, 9.17) is 9.47 Å². The molecule has 3 aliphatic rings. The van der Waals surface area contributed by atoms with Gasteiger partial charge in [0.1, 0.15) is 11.3 Å². The van der Waals surface area contributed by atoms with Gasteiger partial charge in [-0.05, 0) is 73.9 Å². The summed E-state index contributed by atoms with van der Waals surface area (Å²) in [5.41, 5.74) is 6.78. The molecule has 6 nitrogen and oxygen atoms in total. The first-order chi connectivity index (χ1) is 18.2. The molecule has 0 amide bonds. The molecular formula is C32H36N4O2. The minimum Gasteiger partial charge on any atom is -0.380 e. The Balaban J connectivity index is 1.33. The number of hydrogen-bond donors (Lipinski definition) is 4. The first kappa shape index (κ1) is 23.6. The zero-order valence-corrected chi connectivity index (χ0v) is 22.9. The van der Waals surface area contributed by atoms with Crippen molar-refractivity contribution < 1.29 is 9.47 Å². The smallest absolute Gasteiger partial charge is 0.102 e. The highest BCUT2D eigenvalue weighted by Gasteiger charge is 2.54. The maximum atomic E-state index is 6.28. The predicted octanol–water partition coefficient (Wildman–Crippen LogP) is 7.05. The van der Waals surface area contributed by atoms with E-state index < -0.39 is 0 Å². The molecule has 1 aliphatic carbocycles. The van der Waals surface area contributed by atoms with Crippen LogP contribution < -0.4 is 21.3 Å². The van der Waals surface area contributed by atoms with Crippen LogP contribution in [-0.2, 0) is 9.47 Å². The third-order valence-corrected chi connectivity index (χ3v) is 8.62. The topological polar surface area (TPSA) is 66.6 Å². The Morgan fingerprint density at radius 3 is 1.26 bits per heavy atom. The third-order valence-electron chi connectivity index (χ3n) is 8.62. The number of nitrogens with one attached hydrogen (secondary N) is 4. The van der Waals surface area contributed by atoms with Gasteiger partial charge in [0.05, 0.1) is 12.2 Å². The quantitative estimate of drug-likeness (QED) is 0.237. The largest absolute Gasteiger partial charge is 0.380 e. The fourth-order valence-electron chi connectivity index (χ4n) is 7.24. The summed E-state index contributed by atoms with van der Waals surface area (Å²) in [6.07, 6.45) is -0.00748. The normalized spacial score (nSPS) is 26.1. The SMILES string of the molecule is COC1C(c2ccc3c4c(cccc24)NC(C)(C)N3)C(OC)C1c1ccc2c3c(cccc13)NC(C)(C)N2. The van der Waals surface area contributed by atoms with Crippen molar-refractivity contribution in [1.82, 2.24) is 0 Å². The van der Waals surface area contributed by atoms with E-state index in [1.165, 1.54) is 32.7 Å². The molecule has 0 atom stereocenters. The summed E-state index contributed by atoms with van der Waals surface area (Å²) >= 11 is 0. The molecule has 0 unspecified atom stereocenters. The maximum absolute atomic E-state index is 6.28. The van der Waals surface area contributed by atoms with Gasteiger partial charge < -0.3 is 30.7 Å². The Kier molecular flexibility index (Phi) is 4.98. The monoisotopic (exact) mass is 508 g/mol. The zero-order chi connectivity index (χ0) is 26.4. The summed E-state index contributed by atoms with van der Waals surface area (Å²) in [5, 5.41) is 19.6. The summed E-state index contributed by atoms with van der Waals surface area (Å²) < 4.78 is 12.6. The molecule has 0 radical (unpaired) electrons. The average Bonchev–Trinajstić information content (AvgIpc) is 2.85. The number of anilines is 4. The second-order valence-electron chi connectivity index (χ2n) is 12.1. The molecule has 4 aromatic rings. The third kappa shape index (κ3) is 3.33. The van der Waals surface area contributed by atoms with Crippen LogP contribution in [0.3, 0.4) is 0 Å². The molecule has 38 heavy (non-hydrogen) atoms. The van der Waals surface area contributed by atoms with Crippen LogP contribution in [0.15, 0.2) is 60.7 Å². The summed E-state index contributed by atoms with van der Waals surface area (Å²) in [5.74, 6) is 0.241. The molecule has 2 heterocycles. The molecular weight excluding hydrogens is 472 g/mol. The van der Waals surface area contributed by atoms with Gasteiger partial charge in [0, 0.05) is 59.6 Å².